The van der Waals surface area contributed by atoms with Gasteiger partial charge in [-0.15, -0.1) is 0 Å². The van der Waals surface area contributed by atoms with Gasteiger partial charge in [-0.25, -0.2) is 9.78 Å². The molecule has 0 aromatic carbocycles. The molecule has 0 fully saturated rings. The van der Waals surface area contributed by atoms with E-state index in [2.05, 4.69) is 36.3 Å². The van der Waals surface area contributed by atoms with Crippen LogP contribution in [-0.2, 0) is 6.54 Å². The smallest absolute Gasteiger partial charge is 0.318 e. The quantitative estimate of drug-likeness (QED) is 0.880. The first-order valence-corrected chi connectivity index (χ1v) is 7.29. The Labute approximate surface area is 124 Å². The van der Waals surface area contributed by atoms with E-state index in [1.165, 1.54) is 0 Å². The summed E-state index contributed by atoms with van der Waals surface area (Å²) >= 11 is 0. The predicted molar refractivity (Wildman–Crippen MR) is 81.9 cm³/mol. The van der Waals surface area contributed by atoms with Crippen LogP contribution in [0, 0.1) is 5.92 Å². The van der Waals surface area contributed by atoms with Crippen LogP contribution in [0.2, 0.25) is 0 Å². The van der Waals surface area contributed by atoms with Crippen LogP contribution in [0.15, 0.2) is 42.7 Å². The lowest BCUT2D eigenvalue weighted by Gasteiger charge is -2.27. The molecule has 1 aliphatic rings. The summed E-state index contributed by atoms with van der Waals surface area (Å²) < 4.78 is 1.99. The van der Waals surface area contributed by atoms with Crippen molar-refractivity contribution in [1.29, 1.82) is 0 Å². The first-order valence-electron chi connectivity index (χ1n) is 7.29. The van der Waals surface area contributed by atoms with Crippen molar-refractivity contribution < 1.29 is 4.79 Å². The Morgan fingerprint density at radius 2 is 2.33 bits per heavy atom. The van der Waals surface area contributed by atoms with E-state index < -0.39 is 0 Å². The second-order valence-corrected chi connectivity index (χ2v) is 5.65. The number of hydrogen-bond donors (Lipinski definition) is 1. The van der Waals surface area contributed by atoms with Crippen molar-refractivity contribution in [3.8, 4) is 0 Å². The Morgan fingerprint density at radius 1 is 1.48 bits per heavy atom. The number of carbonyl (C=O) groups is 1. The molecule has 0 saturated heterocycles. The third-order valence-electron chi connectivity index (χ3n) is 3.85. The number of hydrogen-bond acceptors (Lipinski definition) is 2. The third kappa shape index (κ3) is 2.63. The van der Waals surface area contributed by atoms with Crippen molar-refractivity contribution in [1.82, 2.24) is 19.6 Å². The number of aromatic nitrogens is 2. The molecule has 3 heterocycles. The highest BCUT2D eigenvalue weighted by Gasteiger charge is 2.26. The van der Waals surface area contributed by atoms with Gasteiger partial charge in [-0.1, -0.05) is 32.1 Å². The van der Waals surface area contributed by atoms with E-state index in [0.717, 1.165) is 11.3 Å². The van der Waals surface area contributed by atoms with Crippen molar-refractivity contribution in [3.63, 3.8) is 0 Å². The lowest BCUT2D eigenvalue weighted by molar-refractivity contribution is 0.185. The van der Waals surface area contributed by atoms with Crippen molar-refractivity contribution in [2.75, 3.05) is 6.54 Å². The summed E-state index contributed by atoms with van der Waals surface area (Å²) in [5, 5.41) is 2.99. The molecule has 2 aromatic rings. The molecule has 1 unspecified atom stereocenters. The molecule has 1 N–H and O–H groups in total. The van der Waals surface area contributed by atoms with Gasteiger partial charge in [0.2, 0.25) is 0 Å². The first kappa shape index (κ1) is 13.7. The van der Waals surface area contributed by atoms with Crippen LogP contribution in [0.4, 0.5) is 4.79 Å². The summed E-state index contributed by atoms with van der Waals surface area (Å²) in [5.74, 6) is 0.422. The number of rotatable bonds is 3. The average Bonchev–Trinajstić information content (AvgIpc) is 3.12. The van der Waals surface area contributed by atoms with Gasteiger partial charge in [-0.3, -0.25) is 0 Å². The highest BCUT2D eigenvalue weighted by molar-refractivity contribution is 5.75. The van der Waals surface area contributed by atoms with E-state index in [1.807, 2.05) is 33.7 Å². The number of nitrogens with zero attached hydrogens (tertiary/aromatic N) is 3. The highest BCUT2D eigenvalue weighted by atomic mass is 16.2. The molecule has 2 amide bonds. The van der Waals surface area contributed by atoms with Gasteiger partial charge < -0.3 is 14.6 Å². The van der Waals surface area contributed by atoms with Crippen molar-refractivity contribution in [3.05, 3.63) is 48.4 Å². The fraction of sp³-hybridized carbons (Fsp3) is 0.375. The number of nitrogens with one attached hydrogen (secondary N) is 1. The molecule has 2 aromatic heterocycles. The molecule has 0 radical (unpaired) electrons. The minimum absolute atomic E-state index is 0.0235. The van der Waals surface area contributed by atoms with Gasteiger partial charge in [0.25, 0.3) is 0 Å². The van der Waals surface area contributed by atoms with Crippen LogP contribution < -0.4 is 5.32 Å². The Morgan fingerprint density at radius 3 is 3.14 bits per heavy atom. The Kier molecular flexibility index (Phi) is 3.64. The fourth-order valence-corrected chi connectivity index (χ4v) is 2.72. The third-order valence-corrected chi connectivity index (χ3v) is 3.85. The van der Waals surface area contributed by atoms with Gasteiger partial charge in [0.1, 0.15) is 5.65 Å². The van der Waals surface area contributed by atoms with Crippen molar-refractivity contribution in [2.45, 2.75) is 26.4 Å². The van der Waals surface area contributed by atoms with E-state index in [4.69, 9.17) is 0 Å². The van der Waals surface area contributed by atoms with E-state index in [9.17, 15) is 4.79 Å². The Hall–Kier alpha value is -2.30. The number of pyridine rings is 1. The highest BCUT2D eigenvalue weighted by Crippen LogP contribution is 2.17. The van der Waals surface area contributed by atoms with Crippen molar-refractivity contribution in [2.24, 2.45) is 5.92 Å². The van der Waals surface area contributed by atoms with Crippen molar-refractivity contribution >= 4 is 11.7 Å². The van der Waals surface area contributed by atoms with Gasteiger partial charge >= 0.3 is 6.03 Å². The minimum atomic E-state index is -0.0235. The molecule has 1 aliphatic heterocycles. The van der Waals surface area contributed by atoms with Crippen LogP contribution in [0.5, 0.6) is 0 Å². The Balaban J connectivity index is 1.66. The number of amides is 2. The molecule has 0 saturated carbocycles. The summed E-state index contributed by atoms with van der Waals surface area (Å²) in [4.78, 5) is 18.5. The summed E-state index contributed by atoms with van der Waals surface area (Å²) in [5.41, 5.74) is 1.87. The number of fused-ring (bicyclic) bond motifs is 1. The predicted octanol–water partition coefficient (Wildman–Crippen LogP) is 2.44. The zero-order valence-electron chi connectivity index (χ0n) is 12.4. The number of urea groups is 1. The van der Waals surface area contributed by atoms with Crippen LogP contribution in [0.1, 0.15) is 19.5 Å². The van der Waals surface area contributed by atoms with Gasteiger partial charge in [-0.05, 0) is 18.1 Å². The monoisotopic (exact) mass is 284 g/mol. The van der Waals surface area contributed by atoms with Crippen LogP contribution in [0.3, 0.4) is 0 Å². The standard InChI is InChI=1S/C16H20N4O/c1-12(2)14-6-5-9-20(14)16(21)18-11-13-10-17-15-7-3-4-8-19(13)15/h3-8,10,12,14H,9,11H2,1-2H3,(H,18,21). The second kappa shape index (κ2) is 5.60. The first-order chi connectivity index (χ1) is 10.2. The topological polar surface area (TPSA) is 49.6 Å². The number of carbonyl (C=O) groups excluding carboxylic acids is 1. The molecule has 0 bridgehead atoms. The largest absolute Gasteiger partial charge is 0.332 e. The zero-order chi connectivity index (χ0) is 14.8. The SMILES string of the molecule is CC(C)C1C=CCN1C(=O)NCc1cnc2ccccn12. The van der Waals surface area contributed by atoms with E-state index >= 15 is 0 Å². The maximum absolute atomic E-state index is 12.3. The lowest BCUT2D eigenvalue weighted by Crippen LogP contribution is -2.44. The zero-order valence-corrected chi connectivity index (χ0v) is 12.4. The molecule has 1 atom stereocenters. The van der Waals surface area contributed by atoms with E-state index in [-0.39, 0.29) is 12.1 Å². The van der Waals surface area contributed by atoms with Crippen LogP contribution in [-0.4, -0.2) is 32.9 Å². The second-order valence-electron chi connectivity index (χ2n) is 5.65. The average molecular weight is 284 g/mol. The van der Waals surface area contributed by atoms with Gasteiger partial charge in [-0.2, -0.15) is 0 Å². The van der Waals surface area contributed by atoms with Crippen LogP contribution in [0.25, 0.3) is 5.65 Å². The molecule has 5 heteroatoms. The van der Waals surface area contributed by atoms with E-state index in [1.54, 1.807) is 6.20 Å². The normalized spacial score (nSPS) is 17.9. The summed E-state index contributed by atoms with van der Waals surface area (Å²) in [6.07, 6.45) is 7.92. The molecule has 110 valence electrons. The maximum Gasteiger partial charge on any atom is 0.318 e. The maximum atomic E-state index is 12.3. The molecule has 3 rings (SSSR count). The fourth-order valence-electron chi connectivity index (χ4n) is 2.72. The van der Waals surface area contributed by atoms with Gasteiger partial charge in [0, 0.05) is 12.7 Å². The van der Waals surface area contributed by atoms with Gasteiger partial charge in [0.05, 0.1) is 24.5 Å². The molecule has 0 aliphatic carbocycles. The van der Waals surface area contributed by atoms with Crippen LogP contribution >= 0.6 is 0 Å². The molecule has 0 spiro atoms. The summed E-state index contributed by atoms with van der Waals surface area (Å²) in [7, 11) is 0. The van der Waals surface area contributed by atoms with E-state index in [0.29, 0.717) is 19.0 Å². The number of imidazole rings is 1. The molecular formula is C16H20N4O. The van der Waals surface area contributed by atoms with Gasteiger partial charge in [0.15, 0.2) is 0 Å². The Bertz CT molecular complexity index is 674. The summed E-state index contributed by atoms with van der Waals surface area (Å²) in [6.45, 7) is 5.42. The molecular weight excluding hydrogens is 264 g/mol. The lowest BCUT2D eigenvalue weighted by atomic mass is 10.1. The minimum Gasteiger partial charge on any atom is -0.332 e. The molecule has 5 nitrogen and oxygen atoms in total. The summed E-state index contributed by atoms with van der Waals surface area (Å²) in [6, 6.07) is 6.02. The molecule has 21 heavy (non-hydrogen) atoms.